The Morgan fingerprint density at radius 2 is 1.96 bits per heavy atom. The van der Waals surface area contributed by atoms with Crippen molar-refractivity contribution in [3.63, 3.8) is 0 Å². The summed E-state index contributed by atoms with van der Waals surface area (Å²) in [6.45, 7) is 1.44. The number of nitrogens with one attached hydrogen (secondary N) is 3. The number of guanidine groups is 1. The lowest BCUT2D eigenvalue weighted by Crippen LogP contribution is -2.37. The third-order valence-corrected chi connectivity index (χ3v) is 4.13. The van der Waals surface area contributed by atoms with E-state index in [1.807, 2.05) is 30.3 Å². The molecule has 7 heteroatoms. The van der Waals surface area contributed by atoms with E-state index >= 15 is 0 Å². The molecule has 3 N–H and O–H groups in total. The molecule has 26 heavy (non-hydrogen) atoms. The minimum absolute atomic E-state index is 0.665. The number of nitrogens with zero attached hydrogens (tertiary/aromatic N) is 3. The fourth-order valence-electron chi connectivity index (χ4n) is 2.60. The largest absolute Gasteiger partial charge is 0.356 e. The molecule has 134 valence electrons. The van der Waals surface area contributed by atoms with Crippen LogP contribution in [0.4, 0.5) is 0 Å². The average Bonchev–Trinajstić information content (AvgIpc) is 3.20. The molecule has 3 aromatic rings. The Labute approximate surface area is 157 Å². The molecular weight excluding hydrogens is 348 g/mol. The van der Waals surface area contributed by atoms with Crippen LogP contribution in [-0.4, -0.2) is 34.7 Å². The zero-order valence-corrected chi connectivity index (χ0v) is 15.3. The van der Waals surface area contributed by atoms with Crippen molar-refractivity contribution in [2.24, 2.45) is 4.99 Å². The van der Waals surface area contributed by atoms with Crippen LogP contribution in [0.25, 0.3) is 11.4 Å². The summed E-state index contributed by atoms with van der Waals surface area (Å²) < 4.78 is 0. The molecule has 0 unspecified atom stereocenters. The molecule has 6 nitrogen and oxygen atoms in total. The van der Waals surface area contributed by atoms with Gasteiger partial charge < -0.3 is 10.6 Å². The maximum atomic E-state index is 6.01. The monoisotopic (exact) mass is 368 g/mol. The summed E-state index contributed by atoms with van der Waals surface area (Å²) in [5.41, 5.74) is 3.34. The third-order valence-electron chi connectivity index (χ3n) is 3.89. The molecule has 0 aliphatic rings. The van der Waals surface area contributed by atoms with Gasteiger partial charge in [0.25, 0.3) is 0 Å². The van der Waals surface area contributed by atoms with Crippen molar-refractivity contribution in [2.75, 3.05) is 13.6 Å². The number of aromatic amines is 1. The number of halogens is 1. The van der Waals surface area contributed by atoms with Gasteiger partial charge >= 0.3 is 0 Å². The highest BCUT2D eigenvalue weighted by Gasteiger charge is 2.03. The van der Waals surface area contributed by atoms with Crippen molar-refractivity contribution in [1.82, 2.24) is 25.8 Å². The number of aromatic nitrogens is 3. The lowest BCUT2D eigenvalue weighted by atomic mass is 10.1. The van der Waals surface area contributed by atoms with Crippen molar-refractivity contribution >= 4 is 17.6 Å². The lowest BCUT2D eigenvalue weighted by molar-refractivity contribution is 0.795. The van der Waals surface area contributed by atoms with Crippen molar-refractivity contribution in [3.05, 3.63) is 71.0 Å². The van der Waals surface area contributed by atoms with Gasteiger partial charge in [-0.1, -0.05) is 41.9 Å². The summed E-state index contributed by atoms with van der Waals surface area (Å²) in [7, 11) is 1.76. The summed E-state index contributed by atoms with van der Waals surface area (Å²) in [6.07, 6.45) is 2.38. The SMILES string of the molecule is CN=C(NCCc1cccc(Cl)c1)NCc1cccc(-c2ncn[nH]2)c1. The van der Waals surface area contributed by atoms with Gasteiger partial charge in [-0.2, -0.15) is 5.10 Å². The van der Waals surface area contributed by atoms with Gasteiger partial charge in [0.05, 0.1) is 0 Å². The molecule has 0 saturated carbocycles. The molecule has 0 bridgehead atoms. The summed E-state index contributed by atoms with van der Waals surface area (Å²) in [5.74, 6) is 1.52. The fraction of sp³-hybridized carbons (Fsp3) is 0.211. The van der Waals surface area contributed by atoms with Gasteiger partial charge in [0.2, 0.25) is 0 Å². The molecule has 0 saturated heterocycles. The Kier molecular flexibility index (Phi) is 6.22. The number of hydrogen-bond donors (Lipinski definition) is 3. The van der Waals surface area contributed by atoms with Gasteiger partial charge in [-0.15, -0.1) is 0 Å². The first kappa shape index (κ1) is 17.9. The van der Waals surface area contributed by atoms with Gasteiger partial charge in [-0.05, 0) is 35.7 Å². The van der Waals surface area contributed by atoms with Crippen molar-refractivity contribution in [1.29, 1.82) is 0 Å². The van der Waals surface area contributed by atoms with Crippen LogP contribution in [0, 0.1) is 0 Å². The molecule has 3 rings (SSSR count). The van der Waals surface area contributed by atoms with Gasteiger partial charge in [0.15, 0.2) is 11.8 Å². The molecule has 0 spiro atoms. The number of hydrogen-bond acceptors (Lipinski definition) is 3. The second-order valence-electron chi connectivity index (χ2n) is 5.77. The maximum absolute atomic E-state index is 6.01. The molecule has 2 aromatic carbocycles. The molecular formula is C19H21ClN6. The second-order valence-corrected chi connectivity index (χ2v) is 6.20. The Morgan fingerprint density at radius 1 is 1.12 bits per heavy atom. The van der Waals surface area contributed by atoms with Crippen LogP contribution in [0.3, 0.4) is 0 Å². The second kappa shape index (κ2) is 9.01. The Morgan fingerprint density at radius 3 is 2.73 bits per heavy atom. The van der Waals surface area contributed by atoms with Gasteiger partial charge in [-0.3, -0.25) is 10.1 Å². The van der Waals surface area contributed by atoms with E-state index in [1.54, 1.807) is 7.05 Å². The number of H-pyrrole nitrogens is 1. The number of benzene rings is 2. The zero-order valence-electron chi connectivity index (χ0n) is 14.5. The highest BCUT2D eigenvalue weighted by molar-refractivity contribution is 6.30. The van der Waals surface area contributed by atoms with E-state index in [1.165, 1.54) is 11.9 Å². The molecule has 1 heterocycles. The average molecular weight is 369 g/mol. The first-order chi connectivity index (χ1) is 12.7. The van der Waals surface area contributed by atoms with E-state index in [9.17, 15) is 0 Å². The van der Waals surface area contributed by atoms with Crippen molar-refractivity contribution < 1.29 is 0 Å². The van der Waals surface area contributed by atoms with Crippen molar-refractivity contribution in [3.8, 4) is 11.4 Å². The highest BCUT2D eigenvalue weighted by atomic mass is 35.5. The number of aliphatic imine (C=N–C) groups is 1. The van der Waals surface area contributed by atoms with E-state index in [-0.39, 0.29) is 0 Å². The predicted molar refractivity (Wildman–Crippen MR) is 105 cm³/mol. The summed E-state index contributed by atoms with van der Waals surface area (Å²) in [4.78, 5) is 8.45. The number of rotatable bonds is 6. The maximum Gasteiger partial charge on any atom is 0.191 e. The minimum atomic E-state index is 0.665. The first-order valence-corrected chi connectivity index (χ1v) is 8.76. The van der Waals surface area contributed by atoms with Crippen LogP contribution in [0.5, 0.6) is 0 Å². The molecule has 1 aromatic heterocycles. The summed E-state index contributed by atoms with van der Waals surface area (Å²) in [5, 5.41) is 14.2. The normalized spacial score (nSPS) is 11.4. The smallest absolute Gasteiger partial charge is 0.191 e. The van der Waals surface area contributed by atoms with Crippen LogP contribution in [0.15, 0.2) is 59.9 Å². The van der Waals surface area contributed by atoms with E-state index in [4.69, 9.17) is 11.6 Å². The van der Waals surface area contributed by atoms with Gasteiger partial charge in [-0.25, -0.2) is 4.98 Å². The van der Waals surface area contributed by atoms with E-state index in [0.29, 0.717) is 6.54 Å². The molecule has 0 atom stereocenters. The highest BCUT2D eigenvalue weighted by Crippen LogP contribution is 2.15. The molecule has 0 radical (unpaired) electrons. The molecule has 0 aliphatic heterocycles. The van der Waals surface area contributed by atoms with Gasteiger partial charge in [0, 0.05) is 30.7 Å². The molecule has 0 fully saturated rings. The van der Waals surface area contributed by atoms with E-state index in [2.05, 4.69) is 49.0 Å². The molecule has 0 amide bonds. The van der Waals surface area contributed by atoms with Crippen LogP contribution < -0.4 is 10.6 Å². The Hall–Kier alpha value is -2.86. The van der Waals surface area contributed by atoms with Crippen LogP contribution >= 0.6 is 11.6 Å². The van der Waals surface area contributed by atoms with Crippen molar-refractivity contribution in [2.45, 2.75) is 13.0 Å². The standard InChI is InChI=1S/C19H21ClN6/c1-21-19(22-9-8-14-4-3-7-17(20)11-14)23-12-15-5-2-6-16(10-15)18-24-13-25-26-18/h2-7,10-11,13H,8-9,12H2,1H3,(H2,21,22,23)(H,24,25,26). The third kappa shape index (κ3) is 5.07. The molecule has 0 aliphatic carbocycles. The van der Waals surface area contributed by atoms with Crippen LogP contribution in [-0.2, 0) is 13.0 Å². The summed E-state index contributed by atoms with van der Waals surface area (Å²) >= 11 is 6.01. The van der Waals surface area contributed by atoms with Crippen LogP contribution in [0.2, 0.25) is 5.02 Å². The lowest BCUT2D eigenvalue weighted by Gasteiger charge is -2.12. The summed E-state index contributed by atoms with van der Waals surface area (Å²) in [6, 6.07) is 16.0. The minimum Gasteiger partial charge on any atom is -0.356 e. The topological polar surface area (TPSA) is 78.0 Å². The van der Waals surface area contributed by atoms with E-state index in [0.717, 1.165) is 40.9 Å². The quantitative estimate of drug-likeness (QED) is 0.461. The Bertz CT molecular complexity index is 860. The predicted octanol–water partition coefficient (Wildman–Crippen LogP) is 3.03. The first-order valence-electron chi connectivity index (χ1n) is 8.38. The van der Waals surface area contributed by atoms with Crippen LogP contribution in [0.1, 0.15) is 11.1 Å². The Balaban J connectivity index is 1.50. The zero-order chi connectivity index (χ0) is 18.2. The van der Waals surface area contributed by atoms with Gasteiger partial charge in [0.1, 0.15) is 6.33 Å². The van der Waals surface area contributed by atoms with E-state index < -0.39 is 0 Å². The fourth-order valence-corrected chi connectivity index (χ4v) is 2.81.